The molecule has 0 fully saturated rings. The largest absolute Gasteiger partial charge is 0.494 e. The van der Waals surface area contributed by atoms with Crippen molar-refractivity contribution in [3.63, 3.8) is 0 Å². The average molecular weight is 336 g/mol. The van der Waals surface area contributed by atoms with Gasteiger partial charge in [0.25, 0.3) is 0 Å². The molecule has 0 spiro atoms. The van der Waals surface area contributed by atoms with Gasteiger partial charge in [0, 0.05) is 29.2 Å². The summed E-state index contributed by atoms with van der Waals surface area (Å²) in [6.07, 6.45) is 1.81. The van der Waals surface area contributed by atoms with E-state index in [0.29, 0.717) is 13.2 Å². The molecule has 0 unspecified atom stereocenters. The third-order valence-electron chi connectivity index (χ3n) is 4.56. The van der Waals surface area contributed by atoms with Gasteiger partial charge in [-0.05, 0) is 44.7 Å². The quantitative estimate of drug-likeness (QED) is 0.655. The number of benzene rings is 2. The van der Waals surface area contributed by atoms with E-state index in [2.05, 4.69) is 9.88 Å². The molecular weight excluding hydrogens is 312 g/mol. The fraction of sp³-hybridized carbons (Fsp3) is 0.286. The number of para-hydroxylation sites is 1. The molecule has 1 aromatic heterocycles. The van der Waals surface area contributed by atoms with Crippen molar-refractivity contribution < 1.29 is 9.53 Å². The van der Waals surface area contributed by atoms with Crippen LogP contribution in [0.4, 0.5) is 0 Å². The summed E-state index contributed by atoms with van der Waals surface area (Å²) in [6.45, 7) is 5.30. The standard InChI is InChI=1S/C21H24N2O2/c1-4-25-17-11-9-16(10-12-17)14-23(3)15(2)21(24)19-13-22-20-8-6-5-7-18(19)20/h5-13,15,22H,4,14H2,1-3H3/t15-/m0/s1. The second-order valence-electron chi connectivity index (χ2n) is 6.28. The van der Waals surface area contributed by atoms with E-state index >= 15 is 0 Å². The van der Waals surface area contributed by atoms with Crippen LogP contribution in [0.5, 0.6) is 5.75 Å². The smallest absolute Gasteiger partial charge is 0.181 e. The number of aromatic amines is 1. The first-order chi connectivity index (χ1) is 12.1. The molecular formula is C21H24N2O2. The van der Waals surface area contributed by atoms with Gasteiger partial charge in [0.1, 0.15) is 5.75 Å². The summed E-state index contributed by atoms with van der Waals surface area (Å²) < 4.78 is 5.47. The molecule has 4 heteroatoms. The molecule has 0 aliphatic heterocycles. The Kier molecular flexibility index (Phi) is 5.19. The number of Topliss-reactive ketones (excluding diaryl/α,β-unsaturated/α-hetero) is 1. The molecule has 0 saturated heterocycles. The third kappa shape index (κ3) is 3.74. The average Bonchev–Trinajstić information content (AvgIpc) is 3.06. The number of carbonyl (C=O) groups is 1. The zero-order valence-corrected chi connectivity index (χ0v) is 15.0. The summed E-state index contributed by atoms with van der Waals surface area (Å²) in [5, 5.41) is 0.980. The van der Waals surface area contributed by atoms with Gasteiger partial charge in [-0.1, -0.05) is 30.3 Å². The van der Waals surface area contributed by atoms with Crippen LogP contribution in [0.1, 0.15) is 29.8 Å². The van der Waals surface area contributed by atoms with E-state index in [1.165, 1.54) is 0 Å². The SMILES string of the molecule is CCOc1ccc(CN(C)[C@@H](C)C(=O)c2c[nH]c3ccccc23)cc1. The van der Waals surface area contributed by atoms with Crippen LogP contribution in [0.15, 0.2) is 54.7 Å². The number of likely N-dealkylation sites (N-methyl/N-ethyl adjacent to an activating group) is 1. The molecule has 3 rings (SSSR count). The number of ketones is 1. The highest BCUT2D eigenvalue weighted by molar-refractivity contribution is 6.10. The lowest BCUT2D eigenvalue weighted by molar-refractivity contribution is 0.0864. The third-order valence-corrected chi connectivity index (χ3v) is 4.56. The molecule has 0 aliphatic carbocycles. The Morgan fingerprint density at radius 3 is 2.60 bits per heavy atom. The minimum absolute atomic E-state index is 0.130. The van der Waals surface area contributed by atoms with Gasteiger partial charge in [0.15, 0.2) is 5.78 Å². The number of hydrogen-bond donors (Lipinski definition) is 1. The molecule has 1 heterocycles. The number of rotatable bonds is 7. The van der Waals surface area contributed by atoms with Crippen LogP contribution in [-0.4, -0.2) is 35.4 Å². The first-order valence-electron chi connectivity index (χ1n) is 8.62. The number of fused-ring (bicyclic) bond motifs is 1. The fourth-order valence-electron chi connectivity index (χ4n) is 2.98. The van der Waals surface area contributed by atoms with E-state index in [9.17, 15) is 4.79 Å². The van der Waals surface area contributed by atoms with Crippen LogP contribution >= 0.6 is 0 Å². The lowest BCUT2D eigenvalue weighted by atomic mass is 10.0. The second-order valence-corrected chi connectivity index (χ2v) is 6.28. The molecule has 0 radical (unpaired) electrons. The Hall–Kier alpha value is -2.59. The maximum atomic E-state index is 12.9. The zero-order chi connectivity index (χ0) is 17.8. The van der Waals surface area contributed by atoms with E-state index in [0.717, 1.165) is 27.8 Å². The molecule has 2 aromatic carbocycles. The molecule has 4 nitrogen and oxygen atoms in total. The monoisotopic (exact) mass is 336 g/mol. The summed E-state index contributed by atoms with van der Waals surface area (Å²) in [6, 6.07) is 15.7. The molecule has 130 valence electrons. The summed E-state index contributed by atoms with van der Waals surface area (Å²) in [5.41, 5.74) is 2.90. The number of carbonyl (C=O) groups excluding carboxylic acids is 1. The van der Waals surface area contributed by atoms with E-state index in [4.69, 9.17) is 4.74 Å². The zero-order valence-electron chi connectivity index (χ0n) is 15.0. The van der Waals surface area contributed by atoms with Crippen molar-refractivity contribution in [2.24, 2.45) is 0 Å². The lowest BCUT2D eigenvalue weighted by Crippen LogP contribution is -2.35. The van der Waals surface area contributed by atoms with Gasteiger partial charge in [-0.2, -0.15) is 0 Å². The Labute approximate surface area is 148 Å². The van der Waals surface area contributed by atoms with Gasteiger partial charge in [-0.3, -0.25) is 9.69 Å². The highest BCUT2D eigenvalue weighted by Crippen LogP contribution is 2.21. The summed E-state index contributed by atoms with van der Waals surface area (Å²) in [4.78, 5) is 18.2. The van der Waals surface area contributed by atoms with Crippen molar-refractivity contribution in [2.75, 3.05) is 13.7 Å². The maximum Gasteiger partial charge on any atom is 0.181 e. The van der Waals surface area contributed by atoms with Gasteiger partial charge >= 0.3 is 0 Å². The Morgan fingerprint density at radius 2 is 1.88 bits per heavy atom. The number of hydrogen-bond acceptors (Lipinski definition) is 3. The van der Waals surface area contributed by atoms with Crippen LogP contribution in [0.2, 0.25) is 0 Å². The van der Waals surface area contributed by atoms with Crippen LogP contribution in [0.25, 0.3) is 10.9 Å². The fourth-order valence-corrected chi connectivity index (χ4v) is 2.98. The van der Waals surface area contributed by atoms with Gasteiger partial charge in [-0.15, -0.1) is 0 Å². The van der Waals surface area contributed by atoms with Crippen molar-refractivity contribution in [3.05, 3.63) is 65.9 Å². The number of aromatic nitrogens is 1. The first-order valence-corrected chi connectivity index (χ1v) is 8.62. The Morgan fingerprint density at radius 1 is 1.16 bits per heavy atom. The van der Waals surface area contributed by atoms with Gasteiger partial charge < -0.3 is 9.72 Å². The van der Waals surface area contributed by atoms with Crippen molar-refractivity contribution in [1.82, 2.24) is 9.88 Å². The highest BCUT2D eigenvalue weighted by Gasteiger charge is 2.22. The number of nitrogens with zero attached hydrogens (tertiary/aromatic N) is 1. The van der Waals surface area contributed by atoms with E-state index in [1.807, 2.05) is 75.6 Å². The van der Waals surface area contributed by atoms with E-state index in [-0.39, 0.29) is 11.8 Å². The molecule has 1 N–H and O–H groups in total. The summed E-state index contributed by atoms with van der Waals surface area (Å²) >= 11 is 0. The second kappa shape index (κ2) is 7.53. The van der Waals surface area contributed by atoms with Crippen LogP contribution < -0.4 is 4.74 Å². The van der Waals surface area contributed by atoms with E-state index < -0.39 is 0 Å². The van der Waals surface area contributed by atoms with Crippen LogP contribution in [0.3, 0.4) is 0 Å². The lowest BCUT2D eigenvalue weighted by Gasteiger charge is -2.23. The van der Waals surface area contributed by atoms with Crippen molar-refractivity contribution >= 4 is 16.7 Å². The van der Waals surface area contributed by atoms with Crippen molar-refractivity contribution in [2.45, 2.75) is 26.4 Å². The van der Waals surface area contributed by atoms with E-state index in [1.54, 1.807) is 0 Å². The Balaban J connectivity index is 1.71. The van der Waals surface area contributed by atoms with Crippen LogP contribution in [0, 0.1) is 0 Å². The summed E-state index contributed by atoms with van der Waals surface area (Å²) in [5.74, 6) is 1.00. The molecule has 0 aliphatic rings. The van der Waals surface area contributed by atoms with Crippen molar-refractivity contribution in [3.8, 4) is 5.75 Å². The molecule has 0 bridgehead atoms. The number of H-pyrrole nitrogens is 1. The predicted molar refractivity (Wildman–Crippen MR) is 101 cm³/mol. The normalized spacial score (nSPS) is 12.5. The van der Waals surface area contributed by atoms with Crippen molar-refractivity contribution in [1.29, 1.82) is 0 Å². The Bertz CT molecular complexity index is 852. The maximum absolute atomic E-state index is 12.9. The summed E-state index contributed by atoms with van der Waals surface area (Å²) in [7, 11) is 1.98. The molecule has 3 aromatic rings. The first kappa shape index (κ1) is 17.2. The molecule has 0 amide bonds. The molecule has 1 atom stereocenters. The molecule has 0 saturated carbocycles. The highest BCUT2D eigenvalue weighted by atomic mass is 16.5. The predicted octanol–water partition coefficient (Wildman–Crippen LogP) is 4.27. The van der Waals surface area contributed by atoms with Crippen LogP contribution in [-0.2, 0) is 6.54 Å². The number of nitrogens with one attached hydrogen (secondary N) is 1. The molecule has 25 heavy (non-hydrogen) atoms. The minimum atomic E-state index is -0.203. The topological polar surface area (TPSA) is 45.3 Å². The van der Waals surface area contributed by atoms with Gasteiger partial charge in [0.05, 0.1) is 12.6 Å². The van der Waals surface area contributed by atoms with Gasteiger partial charge in [-0.25, -0.2) is 0 Å². The number of ether oxygens (including phenoxy) is 1. The minimum Gasteiger partial charge on any atom is -0.494 e. The van der Waals surface area contributed by atoms with Gasteiger partial charge in [0.2, 0.25) is 0 Å².